The van der Waals surface area contributed by atoms with Crippen LogP contribution in [0.1, 0.15) is 53.4 Å². The van der Waals surface area contributed by atoms with Crippen LogP contribution in [0.25, 0.3) is 0 Å². The van der Waals surface area contributed by atoms with Crippen LogP contribution in [0.4, 0.5) is 0 Å². The summed E-state index contributed by atoms with van der Waals surface area (Å²) < 4.78 is 6.07. The summed E-state index contributed by atoms with van der Waals surface area (Å²) in [7, 11) is 0. The van der Waals surface area contributed by atoms with Crippen molar-refractivity contribution in [1.29, 1.82) is 0 Å². The Kier molecular flexibility index (Phi) is 6.95. The maximum absolute atomic E-state index is 10.1. The molecule has 1 rings (SSSR count). The highest BCUT2D eigenvalue weighted by Crippen LogP contribution is 2.34. The Morgan fingerprint density at radius 2 is 2.06 bits per heavy atom. The highest BCUT2D eigenvalue weighted by molar-refractivity contribution is 5.18. The Bertz CT molecular complexity index is 260. The number of aliphatic hydroxyl groups excluding tert-OH is 1. The molecule has 0 spiro atoms. The van der Waals surface area contributed by atoms with Crippen molar-refractivity contribution in [1.82, 2.24) is 0 Å². The molecule has 0 amide bonds. The maximum atomic E-state index is 10.1. The predicted molar refractivity (Wildman–Crippen MR) is 76.3 cm³/mol. The van der Waals surface area contributed by atoms with Gasteiger partial charge in [0, 0.05) is 6.61 Å². The maximum Gasteiger partial charge on any atom is 0.0814 e. The smallest absolute Gasteiger partial charge is 0.0814 e. The van der Waals surface area contributed by atoms with Crippen molar-refractivity contribution >= 4 is 0 Å². The fourth-order valence-electron chi connectivity index (χ4n) is 2.54. The van der Waals surface area contributed by atoms with E-state index in [-0.39, 0.29) is 18.1 Å². The first kappa shape index (κ1) is 15.7. The third-order valence-electron chi connectivity index (χ3n) is 4.11. The first-order valence-electron chi connectivity index (χ1n) is 7.39. The number of aliphatic hydroxyl groups is 1. The first-order valence-corrected chi connectivity index (χ1v) is 7.39. The molecule has 0 saturated carbocycles. The topological polar surface area (TPSA) is 29.5 Å². The normalized spacial score (nSPS) is 32.4. The van der Waals surface area contributed by atoms with Gasteiger partial charge in [0.05, 0.1) is 12.2 Å². The molecule has 0 saturated heterocycles. The largest absolute Gasteiger partial charge is 0.389 e. The number of hydrogen-bond acceptors (Lipinski definition) is 2. The fraction of sp³-hybridized carbons (Fsp3) is 0.812. The second kappa shape index (κ2) is 7.96. The average Bonchev–Trinajstić information content (AvgIpc) is 2.37. The first-order chi connectivity index (χ1) is 8.61. The van der Waals surface area contributed by atoms with Gasteiger partial charge in [-0.1, -0.05) is 39.7 Å². The van der Waals surface area contributed by atoms with E-state index in [1.807, 2.05) is 6.08 Å². The second-order valence-electron chi connectivity index (χ2n) is 5.54. The molecule has 4 atom stereocenters. The van der Waals surface area contributed by atoms with Crippen LogP contribution in [0.3, 0.4) is 0 Å². The van der Waals surface area contributed by atoms with Gasteiger partial charge in [0.25, 0.3) is 0 Å². The van der Waals surface area contributed by atoms with E-state index in [1.165, 1.54) is 12.0 Å². The molecule has 1 aliphatic carbocycles. The zero-order valence-corrected chi connectivity index (χ0v) is 12.4. The van der Waals surface area contributed by atoms with Gasteiger partial charge in [-0.05, 0) is 23.8 Å². The summed E-state index contributed by atoms with van der Waals surface area (Å²) in [6, 6.07) is 0. The number of unbranched alkanes of at least 4 members (excludes halogenated alkanes) is 2. The highest BCUT2D eigenvalue weighted by atomic mass is 16.5. The molecule has 0 bridgehead atoms. The van der Waals surface area contributed by atoms with Gasteiger partial charge < -0.3 is 16.3 Å². The summed E-state index contributed by atoms with van der Waals surface area (Å²) in [5, 5.41) is 10.1. The average molecular weight is 253 g/mol. The lowest BCUT2D eigenvalue weighted by Gasteiger charge is -2.38. The molecule has 106 valence electrons. The molecule has 2 heteroatoms. The minimum absolute atomic E-state index is 0.204. The Morgan fingerprint density at radius 3 is 2.67 bits per heavy atom. The van der Waals surface area contributed by atoms with Crippen LogP contribution in [-0.4, -0.2) is 23.9 Å². The van der Waals surface area contributed by atoms with Gasteiger partial charge in [0.1, 0.15) is 0 Å². The van der Waals surface area contributed by atoms with Crippen LogP contribution in [0.5, 0.6) is 0 Å². The van der Waals surface area contributed by atoms with Gasteiger partial charge in [-0.15, -0.1) is 0 Å². The van der Waals surface area contributed by atoms with Gasteiger partial charge in [-0.3, -0.25) is 0 Å². The van der Waals surface area contributed by atoms with Crippen molar-refractivity contribution in [2.45, 2.75) is 65.6 Å². The van der Waals surface area contributed by atoms with Crippen LogP contribution in [0.2, 0.25) is 0 Å². The van der Waals surface area contributed by atoms with Crippen LogP contribution in [0.15, 0.2) is 11.6 Å². The molecule has 0 radical (unpaired) electrons. The third-order valence-corrected chi connectivity index (χ3v) is 4.11. The quantitative estimate of drug-likeness (QED) is 0.425. The van der Waals surface area contributed by atoms with E-state index in [0.29, 0.717) is 5.92 Å². The molecule has 2 nitrogen and oxygen atoms in total. The minimum atomic E-state index is -0.308. The summed E-state index contributed by atoms with van der Waals surface area (Å²) in [6.07, 6.45) is 8.47. The van der Waals surface area contributed by atoms with E-state index in [2.05, 4.69) is 34.1 Å². The van der Waals surface area contributed by atoms with Gasteiger partial charge in [-0.25, -0.2) is 0 Å². The molecule has 1 N–H and O–H groups in total. The van der Waals surface area contributed by atoms with Crippen LogP contribution in [-0.2, 0) is 4.74 Å². The molecule has 1 aliphatic rings. The molecule has 18 heavy (non-hydrogen) atoms. The minimum Gasteiger partial charge on any atom is -0.389 e. The van der Waals surface area contributed by atoms with Crippen molar-refractivity contribution in [2.75, 3.05) is 6.61 Å². The SMILES string of the molecule is C[CH-]CCC1=CC(O)C(C)C(C)C1OCCCC. The number of ether oxygens (including phenoxy) is 1. The fourth-order valence-corrected chi connectivity index (χ4v) is 2.54. The van der Waals surface area contributed by atoms with E-state index in [0.717, 1.165) is 25.9 Å². The van der Waals surface area contributed by atoms with Crippen molar-refractivity contribution in [2.24, 2.45) is 11.8 Å². The summed E-state index contributed by atoms with van der Waals surface area (Å²) in [4.78, 5) is 0. The van der Waals surface area contributed by atoms with Gasteiger partial charge in [0.2, 0.25) is 0 Å². The van der Waals surface area contributed by atoms with E-state index in [9.17, 15) is 5.11 Å². The van der Waals surface area contributed by atoms with Crippen molar-refractivity contribution in [3.63, 3.8) is 0 Å². The zero-order chi connectivity index (χ0) is 13.5. The van der Waals surface area contributed by atoms with Crippen LogP contribution in [0, 0.1) is 18.3 Å². The number of hydrogen-bond donors (Lipinski definition) is 1. The molecule has 0 aromatic rings. The second-order valence-corrected chi connectivity index (χ2v) is 5.54. The van der Waals surface area contributed by atoms with E-state index < -0.39 is 0 Å². The summed E-state index contributed by atoms with van der Waals surface area (Å²) in [5.74, 6) is 0.680. The van der Waals surface area contributed by atoms with Gasteiger partial charge in [0.15, 0.2) is 0 Å². The molecular weight excluding hydrogens is 224 g/mol. The van der Waals surface area contributed by atoms with E-state index in [1.54, 1.807) is 0 Å². The van der Waals surface area contributed by atoms with Crippen molar-refractivity contribution < 1.29 is 9.84 Å². The monoisotopic (exact) mass is 253 g/mol. The predicted octanol–water partition coefficient (Wildman–Crippen LogP) is 3.75. The molecule has 0 fully saturated rings. The van der Waals surface area contributed by atoms with E-state index >= 15 is 0 Å². The zero-order valence-electron chi connectivity index (χ0n) is 12.4. The lowest BCUT2D eigenvalue weighted by Crippen LogP contribution is -2.39. The molecule has 0 aliphatic heterocycles. The third kappa shape index (κ3) is 4.10. The lowest BCUT2D eigenvalue weighted by molar-refractivity contribution is -0.0119. The summed E-state index contributed by atoms with van der Waals surface area (Å²) in [5.41, 5.74) is 1.29. The summed E-state index contributed by atoms with van der Waals surface area (Å²) in [6.45, 7) is 9.42. The van der Waals surface area contributed by atoms with Crippen LogP contribution >= 0.6 is 0 Å². The Labute approximate surface area is 112 Å². The molecular formula is C16H29O2-. The van der Waals surface area contributed by atoms with Gasteiger partial charge >= 0.3 is 0 Å². The van der Waals surface area contributed by atoms with E-state index in [4.69, 9.17) is 4.74 Å². The lowest BCUT2D eigenvalue weighted by atomic mass is 9.76. The van der Waals surface area contributed by atoms with Gasteiger partial charge in [-0.2, -0.15) is 13.3 Å². The summed E-state index contributed by atoms with van der Waals surface area (Å²) >= 11 is 0. The van der Waals surface area contributed by atoms with Crippen LogP contribution < -0.4 is 0 Å². The Morgan fingerprint density at radius 1 is 1.33 bits per heavy atom. The molecule has 0 aromatic carbocycles. The molecule has 0 aromatic heterocycles. The Balaban J connectivity index is 2.68. The van der Waals surface area contributed by atoms with Crippen molar-refractivity contribution in [3.05, 3.63) is 18.1 Å². The molecule has 4 unspecified atom stereocenters. The number of rotatable bonds is 7. The Hall–Kier alpha value is -0.340. The highest BCUT2D eigenvalue weighted by Gasteiger charge is 2.33. The van der Waals surface area contributed by atoms with Crippen molar-refractivity contribution in [3.8, 4) is 0 Å². The standard InChI is InChI=1S/C16H29O2/c1-5-7-9-14-11-15(17)12(3)13(4)16(14)18-10-8-6-2/h5,11-13,15-17H,6-10H2,1-4H3/q-1. The molecule has 0 heterocycles.